The van der Waals surface area contributed by atoms with Crippen LogP contribution in [0.25, 0.3) is 11.1 Å². The zero-order valence-corrected chi connectivity index (χ0v) is 18.8. The molecule has 0 aliphatic carbocycles. The predicted octanol–water partition coefficient (Wildman–Crippen LogP) is 2.84. The van der Waals surface area contributed by atoms with Crippen LogP contribution in [-0.4, -0.2) is 48.5 Å². The zero-order valence-electron chi connectivity index (χ0n) is 18.8. The molecule has 1 aliphatic rings. The van der Waals surface area contributed by atoms with Gasteiger partial charge >= 0.3 is 5.76 Å². The van der Waals surface area contributed by atoms with Crippen molar-refractivity contribution in [1.29, 1.82) is 0 Å². The number of aryl methyl sites for hydroxylation is 1. The molecule has 0 fully saturated rings. The molecule has 2 amide bonds. The average molecular weight is 453 g/mol. The number of ether oxygens (including phenoxy) is 1. The summed E-state index contributed by atoms with van der Waals surface area (Å²) in [5.74, 6) is 0.228. The molecule has 9 heteroatoms. The summed E-state index contributed by atoms with van der Waals surface area (Å²) >= 11 is 0. The largest absolute Gasteiger partial charge is 0.494 e. The standard InChI is InChI=1S/C24H28N4O5/c1-27(2)11-12-28-20-15-17(6-9-21(20)33-24(28)31)25-22(29)4-3-13-32-18-7-8-19-16(14-18)5-10-23(30)26-19/h6-9,14-15H,3-5,10-13H2,1-2H3,(H,25,29)(H,26,30). The van der Waals surface area contributed by atoms with Crippen LogP contribution in [0.2, 0.25) is 0 Å². The first-order valence-electron chi connectivity index (χ1n) is 11.0. The number of oxazole rings is 1. The molecule has 4 rings (SSSR count). The first-order chi connectivity index (χ1) is 15.9. The second-order valence-corrected chi connectivity index (χ2v) is 8.37. The van der Waals surface area contributed by atoms with Crippen LogP contribution in [0.15, 0.2) is 45.6 Å². The SMILES string of the molecule is CN(C)CCn1c(=O)oc2ccc(NC(=O)CCCOc3ccc4c(c3)CCC(=O)N4)cc21. The molecule has 9 nitrogen and oxygen atoms in total. The first-order valence-corrected chi connectivity index (χ1v) is 11.0. The number of hydrogen-bond acceptors (Lipinski definition) is 6. The quantitative estimate of drug-likeness (QED) is 0.484. The number of benzene rings is 2. The van der Waals surface area contributed by atoms with Crippen LogP contribution in [-0.2, 0) is 22.6 Å². The predicted molar refractivity (Wildman–Crippen MR) is 126 cm³/mol. The molecule has 0 bridgehead atoms. The van der Waals surface area contributed by atoms with Gasteiger partial charge in [0.25, 0.3) is 0 Å². The fraction of sp³-hybridized carbons (Fsp3) is 0.375. The average Bonchev–Trinajstić information content (AvgIpc) is 3.09. The smallest absolute Gasteiger partial charge is 0.419 e. The molecule has 2 N–H and O–H groups in total. The molecule has 174 valence electrons. The molecule has 33 heavy (non-hydrogen) atoms. The Morgan fingerprint density at radius 1 is 1.18 bits per heavy atom. The van der Waals surface area contributed by atoms with Gasteiger partial charge in [-0.3, -0.25) is 14.2 Å². The Morgan fingerprint density at radius 2 is 2.03 bits per heavy atom. The van der Waals surface area contributed by atoms with Crippen molar-refractivity contribution in [3.8, 4) is 5.75 Å². The number of likely N-dealkylation sites (N-methyl/N-ethyl adjacent to an activating group) is 1. The van der Waals surface area contributed by atoms with Crippen molar-refractivity contribution in [1.82, 2.24) is 9.47 Å². The normalized spacial score (nSPS) is 13.1. The summed E-state index contributed by atoms with van der Waals surface area (Å²) < 4.78 is 12.6. The summed E-state index contributed by atoms with van der Waals surface area (Å²) in [6.45, 7) is 1.61. The van der Waals surface area contributed by atoms with Crippen LogP contribution < -0.4 is 21.1 Å². The maximum atomic E-state index is 12.4. The van der Waals surface area contributed by atoms with E-state index in [0.29, 0.717) is 62.2 Å². The maximum absolute atomic E-state index is 12.4. The number of fused-ring (bicyclic) bond motifs is 2. The van der Waals surface area contributed by atoms with Crippen molar-refractivity contribution >= 4 is 34.3 Å². The molecule has 0 saturated heterocycles. The number of anilines is 2. The van der Waals surface area contributed by atoms with E-state index in [4.69, 9.17) is 9.15 Å². The molecule has 2 aromatic carbocycles. The highest BCUT2D eigenvalue weighted by molar-refractivity contribution is 5.94. The summed E-state index contributed by atoms with van der Waals surface area (Å²) in [6.07, 6.45) is 2.04. The van der Waals surface area contributed by atoms with Gasteiger partial charge in [0, 0.05) is 37.3 Å². The maximum Gasteiger partial charge on any atom is 0.419 e. The van der Waals surface area contributed by atoms with Crippen LogP contribution in [0, 0.1) is 0 Å². The highest BCUT2D eigenvalue weighted by Crippen LogP contribution is 2.27. The minimum atomic E-state index is -0.406. The fourth-order valence-corrected chi connectivity index (χ4v) is 3.75. The van der Waals surface area contributed by atoms with Gasteiger partial charge in [-0.2, -0.15) is 0 Å². The van der Waals surface area contributed by atoms with Gasteiger partial charge in [0.05, 0.1) is 12.1 Å². The Morgan fingerprint density at radius 3 is 2.85 bits per heavy atom. The second-order valence-electron chi connectivity index (χ2n) is 8.37. The van der Waals surface area contributed by atoms with Gasteiger partial charge in [-0.25, -0.2) is 4.79 Å². The summed E-state index contributed by atoms with van der Waals surface area (Å²) in [6, 6.07) is 10.8. The third-order valence-corrected chi connectivity index (χ3v) is 5.51. The van der Waals surface area contributed by atoms with Crippen molar-refractivity contribution in [2.75, 3.05) is 37.9 Å². The number of aromatic nitrogens is 1. The Balaban J connectivity index is 1.29. The molecular formula is C24H28N4O5. The van der Waals surface area contributed by atoms with E-state index in [-0.39, 0.29) is 11.8 Å². The lowest BCUT2D eigenvalue weighted by atomic mass is 10.0. The van der Waals surface area contributed by atoms with Crippen molar-refractivity contribution in [3.05, 3.63) is 52.5 Å². The molecule has 0 atom stereocenters. The number of carbonyl (C=O) groups is 2. The number of carbonyl (C=O) groups excluding carboxylic acids is 2. The Kier molecular flexibility index (Phi) is 6.79. The second kappa shape index (κ2) is 9.91. The Hall–Kier alpha value is -3.59. The topological polar surface area (TPSA) is 106 Å². The van der Waals surface area contributed by atoms with Gasteiger partial charge in [-0.15, -0.1) is 0 Å². The summed E-state index contributed by atoms with van der Waals surface area (Å²) in [7, 11) is 3.88. The van der Waals surface area contributed by atoms with Crippen molar-refractivity contribution in [3.63, 3.8) is 0 Å². The molecule has 0 spiro atoms. The lowest BCUT2D eigenvalue weighted by Crippen LogP contribution is -2.23. The van der Waals surface area contributed by atoms with E-state index in [1.807, 2.05) is 37.2 Å². The van der Waals surface area contributed by atoms with Crippen LogP contribution in [0.3, 0.4) is 0 Å². The number of rotatable bonds is 9. The van der Waals surface area contributed by atoms with Crippen LogP contribution >= 0.6 is 0 Å². The summed E-state index contributed by atoms with van der Waals surface area (Å²) in [5.41, 5.74) is 3.66. The summed E-state index contributed by atoms with van der Waals surface area (Å²) in [5, 5.41) is 5.72. The van der Waals surface area contributed by atoms with E-state index in [1.165, 1.54) is 0 Å². The van der Waals surface area contributed by atoms with Gasteiger partial charge in [0.1, 0.15) is 5.75 Å². The molecule has 3 aromatic rings. The first kappa shape index (κ1) is 22.6. The fourth-order valence-electron chi connectivity index (χ4n) is 3.75. The van der Waals surface area contributed by atoms with E-state index in [0.717, 1.165) is 17.0 Å². The Labute approximate surface area is 191 Å². The van der Waals surface area contributed by atoms with E-state index in [1.54, 1.807) is 22.8 Å². The van der Waals surface area contributed by atoms with Crippen LogP contribution in [0.4, 0.5) is 11.4 Å². The molecule has 0 unspecified atom stereocenters. The van der Waals surface area contributed by atoms with Gasteiger partial charge in [-0.1, -0.05) is 0 Å². The van der Waals surface area contributed by atoms with E-state index in [2.05, 4.69) is 10.6 Å². The van der Waals surface area contributed by atoms with E-state index in [9.17, 15) is 14.4 Å². The molecular weight excluding hydrogens is 424 g/mol. The minimum absolute atomic E-state index is 0.0333. The van der Waals surface area contributed by atoms with Gasteiger partial charge in [0.15, 0.2) is 5.58 Å². The van der Waals surface area contributed by atoms with Gasteiger partial charge in [-0.05, 0) is 68.9 Å². The third-order valence-electron chi connectivity index (χ3n) is 5.51. The minimum Gasteiger partial charge on any atom is -0.494 e. The van der Waals surface area contributed by atoms with Crippen LogP contribution in [0.5, 0.6) is 5.75 Å². The molecule has 1 aliphatic heterocycles. The number of nitrogens with one attached hydrogen (secondary N) is 2. The van der Waals surface area contributed by atoms with Crippen molar-refractivity contribution in [2.45, 2.75) is 32.2 Å². The third kappa shape index (κ3) is 5.61. The van der Waals surface area contributed by atoms with Crippen molar-refractivity contribution in [2.24, 2.45) is 0 Å². The van der Waals surface area contributed by atoms with Gasteiger partial charge < -0.3 is 24.7 Å². The highest BCUT2D eigenvalue weighted by atomic mass is 16.5. The van der Waals surface area contributed by atoms with E-state index < -0.39 is 5.76 Å². The van der Waals surface area contributed by atoms with Crippen LogP contribution in [0.1, 0.15) is 24.8 Å². The molecule has 2 heterocycles. The number of amides is 2. The van der Waals surface area contributed by atoms with Crippen molar-refractivity contribution < 1.29 is 18.7 Å². The zero-order chi connectivity index (χ0) is 23.4. The monoisotopic (exact) mass is 452 g/mol. The number of nitrogens with zero attached hydrogens (tertiary/aromatic N) is 2. The van der Waals surface area contributed by atoms with E-state index >= 15 is 0 Å². The lowest BCUT2D eigenvalue weighted by Gasteiger charge is -2.17. The Bertz CT molecular complexity index is 1230. The molecule has 1 aromatic heterocycles. The molecule has 0 radical (unpaired) electrons. The lowest BCUT2D eigenvalue weighted by molar-refractivity contribution is -0.117. The van der Waals surface area contributed by atoms with Gasteiger partial charge in [0.2, 0.25) is 11.8 Å². The molecule has 0 saturated carbocycles. The summed E-state index contributed by atoms with van der Waals surface area (Å²) in [4.78, 5) is 37.9. The number of hydrogen-bond donors (Lipinski definition) is 2. The highest BCUT2D eigenvalue weighted by Gasteiger charge is 2.15.